The van der Waals surface area contributed by atoms with Gasteiger partial charge in [0.25, 0.3) is 5.69 Å². The minimum Gasteiger partial charge on any atom is -0.492 e. The maximum atomic E-state index is 13.6. The second-order valence-corrected chi connectivity index (χ2v) is 12.4. The van der Waals surface area contributed by atoms with Crippen molar-refractivity contribution in [1.82, 2.24) is 10.2 Å². The Kier molecular flexibility index (Phi) is 13.6. The number of allylic oxidation sites excluding steroid dienone is 1. The van der Waals surface area contributed by atoms with E-state index >= 15 is 0 Å². The van der Waals surface area contributed by atoms with E-state index < -0.39 is 34.8 Å². The third kappa shape index (κ3) is 10.6. The van der Waals surface area contributed by atoms with Gasteiger partial charge in [-0.1, -0.05) is 60.7 Å². The number of benzene rings is 3. The van der Waals surface area contributed by atoms with E-state index in [4.69, 9.17) is 14.2 Å². The molecule has 11 nitrogen and oxygen atoms in total. The molecule has 3 atom stereocenters. The van der Waals surface area contributed by atoms with Crippen molar-refractivity contribution in [3.8, 4) is 5.75 Å². The standard InChI is InChI=1S/C38H46N4O7/c1-26(2)49-38(44)35-29(5)40-28(4)34(36(35)31-15-12-16-32(23-31)42(45)46)37(43)47-22-20-39-19-21-41(24-30-13-8-6-9-14-30)27(3)25-48-33-17-10-7-11-18-33/h6-18,23,26-27,35-36,39H,19-22,24-25H2,1-5H3. The van der Waals surface area contributed by atoms with Gasteiger partial charge in [0.05, 0.1) is 16.6 Å². The number of nitro benzene ring substituents is 1. The van der Waals surface area contributed by atoms with Gasteiger partial charge in [0.2, 0.25) is 0 Å². The maximum absolute atomic E-state index is 13.6. The van der Waals surface area contributed by atoms with E-state index in [1.807, 2.05) is 48.5 Å². The molecule has 0 saturated carbocycles. The Bertz CT molecular complexity index is 1630. The van der Waals surface area contributed by atoms with Gasteiger partial charge in [-0.3, -0.25) is 24.8 Å². The Labute approximate surface area is 288 Å². The quantitative estimate of drug-likeness (QED) is 0.0783. The normalized spacial score (nSPS) is 16.7. The highest BCUT2D eigenvalue weighted by atomic mass is 16.6. The molecule has 3 aromatic carbocycles. The first-order chi connectivity index (χ1) is 23.5. The van der Waals surface area contributed by atoms with Crippen molar-refractivity contribution in [1.29, 1.82) is 0 Å². The zero-order valence-corrected chi connectivity index (χ0v) is 28.8. The molecule has 0 radical (unpaired) electrons. The second-order valence-electron chi connectivity index (χ2n) is 12.4. The Hall–Kier alpha value is -4.87. The van der Waals surface area contributed by atoms with E-state index in [2.05, 4.69) is 34.3 Å². The fourth-order valence-electron chi connectivity index (χ4n) is 5.86. The van der Waals surface area contributed by atoms with Crippen molar-refractivity contribution >= 4 is 23.3 Å². The van der Waals surface area contributed by atoms with Gasteiger partial charge in [-0.05, 0) is 57.9 Å². The number of nitrogens with zero attached hydrogens (tertiary/aromatic N) is 3. The molecule has 1 aliphatic heterocycles. The predicted octanol–water partition coefficient (Wildman–Crippen LogP) is 6.10. The van der Waals surface area contributed by atoms with E-state index in [9.17, 15) is 19.7 Å². The van der Waals surface area contributed by atoms with E-state index in [1.54, 1.807) is 33.8 Å². The van der Waals surface area contributed by atoms with Gasteiger partial charge in [0.15, 0.2) is 0 Å². The monoisotopic (exact) mass is 670 g/mol. The number of nitro groups is 1. The summed E-state index contributed by atoms with van der Waals surface area (Å²) in [5.41, 5.74) is 2.52. The van der Waals surface area contributed by atoms with Crippen LogP contribution >= 0.6 is 0 Å². The lowest BCUT2D eigenvalue weighted by molar-refractivity contribution is -0.384. The zero-order chi connectivity index (χ0) is 35.3. The summed E-state index contributed by atoms with van der Waals surface area (Å²) in [7, 11) is 0. The predicted molar refractivity (Wildman–Crippen MR) is 188 cm³/mol. The molecule has 0 fully saturated rings. The van der Waals surface area contributed by atoms with Crippen molar-refractivity contribution in [2.45, 2.75) is 59.2 Å². The first-order valence-electron chi connectivity index (χ1n) is 16.6. The van der Waals surface area contributed by atoms with Crippen molar-refractivity contribution in [2.24, 2.45) is 10.9 Å². The summed E-state index contributed by atoms with van der Waals surface area (Å²) < 4.78 is 17.3. The molecular weight excluding hydrogens is 624 g/mol. The molecular formula is C38H46N4O7. The first-order valence-corrected chi connectivity index (χ1v) is 16.6. The van der Waals surface area contributed by atoms with Gasteiger partial charge in [0, 0.05) is 61.7 Å². The summed E-state index contributed by atoms with van der Waals surface area (Å²) >= 11 is 0. The molecule has 11 heteroatoms. The third-order valence-electron chi connectivity index (χ3n) is 8.27. The summed E-state index contributed by atoms with van der Waals surface area (Å²) in [5.74, 6) is -2.18. The number of hydrogen-bond donors (Lipinski definition) is 1. The molecule has 49 heavy (non-hydrogen) atoms. The molecule has 0 bridgehead atoms. The van der Waals surface area contributed by atoms with Crippen LogP contribution in [0.1, 0.15) is 51.7 Å². The number of ether oxygens (including phenoxy) is 3. The molecule has 1 N–H and O–H groups in total. The van der Waals surface area contributed by atoms with Gasteiger partial charge >= 0.3 is 11.9 Å². The second kappa shape index (κ2) is 18.0. The summed E-state index contributed by atoms with van der Waals surface area (Å²) in [4.78, 5) is 44.9. The number of carbonyl (C=O) groups is 2. The molecule has 0 saturated heterocycles. The number of carbonyl (C=O) groups excluding carboxylic acids is 2. The molecule has 0 aliphatic carbocycles. The topological polar surface area (TPSA) is 133 Å². The smallest absolute Gasteiger partial charge is 0.336 e. The average molecular weight is 671 g/mol. The number of non-ortho nitro benzene ring substituents is 1. The van der Waals surface area contributed by atoms with Crippen LogP contribution < -0.4 is 10.1 Å². The molecule has 4 rings (SSSR count). The van der Waals surface area contributed by atoms with E-state index in [0.29, 0.717) is 36.7 Å². The first kappa shape index (κ1) is 37.0. The lowest BCUT2D eigenvalue weighted by atomic mass is 9.75. The lowest BCUT2D eigenvalue weighted by Crippen LogP contribution is -2.41. The van der Waals surface area contributed by atoms with E-state index in [0.717, 1.165) is 18.8 Å². The van der Waals surface area contributed by atoms with Crippen molar-refractivity contribution in [3.05, 3.63) is 117 Å². The summed E-state index contributed by atoms with van der Waals surface area (Å²) in [6.07, 6.45) is -0.400. The molecule has 260 valence electrons. The van der Waals surface area contributed by atoms with Crippen LogP contribution in [0.4, 0.5) is 5.69 Å². The summed E-state index contributed by atoms with van der Waals surface area (Å²) in [5, 5.41) is 15.0. The van der Waals surface area contributed by atoms with E-state index in [1.165, 1.54) is 23.8 Å². The van der Waals surface area contributed by atoms with Crippen LogP contribution in [0.3, 0.4) is 0 Å². The van der Waals surface area contributed by atoms with Gasteiger partial charge in [-0.25, -0.2) is 4.79 Å². The van der Waals surface area contributed by atoms with Gasteiger partial charge in [-0.15, -0.1) is 0 Å². The molecule has 0 amide bonds. The number of esters is 2. The molecule has 0 spiro atoms. The van der Waals surface area contributed by atoms with Crippen molar-refractivity contribution < 1.29 is 28.7 Å². The third-order valence-corrected chi connectivity index (χ3v) is 8.27. The van der Waals surface area contributed by atoms with Gasteiger partial charge in [0.1, 0.15) is 24.9 Å². The molecule has 1 heterocycles. The van der Waals surface area contributed by atoms with Crippen molar-refractivity contribution in [2.75, 3.05) is 32.8 Å². The molecule has 1 aliphatic rings. The Morgan fingerprint density at radius 2 is 1.65 bits per heavy atom. The van der Waals surface area contributed by atoms with Crippen LogP contribution in [0.2, 0.25) is 0 Å². The SMILES string of the molecule is CC1=NC(C)=C(C(=O)OCCNCCN(Cc2ccccc2)C(C)COc2ccccc2)C(c2cccc([N+](=O)[O-])c2)C1C(=O)OC(C)C. The van der Waals surface area contributed by atoms with Crippen molar-refractivity contribution in [3.63, 3.8) is 0 Å². The largest absolute Gasteiger partial charge is 0.492 e. The highest BCUT2D eigenvalue weighted by Gasteiger charge is 2.43. The number of para-hydroxylation sites is 1. The fourth-order valence-corrected chi connectivity index (χ4v) is 5.86. The highest BCUT2D eigenvalue weighted by molar-refractivity contribution is 6.07. The molecule has 0 aromatic heterocycles. The number of rotatable bonds is 17. The number of nitrogens with one attached hydrogen (secondary N) is 1. The zero-order valence-electron chi connectivity index (χ0n) is 28.8. The Morgan fingerprint density at radius 1 is 0.959 bits per heavy atom. The maximum Gasteiger partial charge on any atom is 0.336 e. The van der Waals surface area contributed by atoms with Crippen LogP contribution in [0.15, 0.2) is 101 Å². The summed E-state index contributed by atoms with van der Waals surface area (Å²) in [6.45, 7) is 12.1. The molecule has 3 unspecified atom stereocenters. The fraction of sp³-hybridized carbons (Fsp3) is 0.395. The minimum atomic E-state index is -0.947. The van der Waals surface area contributed by atoms with E-state index in [-0.39, 0.29) is 23.9 Å². The number of hydrogen-bond acceptors (Lipinski definition) is 10. The highest BCUT2D eigenvalue weighted by Crippen LogP contribution is 2.41. The number of aliphatic imine (C=N–C) groups is 1. The lowest BCUT2D eigenvalue weighted by Gasteiger charge is -2.32. The van der Waals surface area contributed by atoms with Crippen LogP contribution in [-0.2, 0) is 25.6 Å². The van der Waals surface area contributed by atoms with Gasteiger partial charge in [-0.2, -0.15) is 0 Å². The Balaban J connectivity index is 1.39. The van der Waals surface area contributed by atoms with Crippen LogP contribution in [-0.4, -0.2) is 72.5 Å². The average Bonchev–Trinajstić information content (AvgIpc) is 3.08. The molecule has 3 aromatic rings. The minimum absolute atomic E-state index is 0.0758. The Morgan fingerprint density at radius 3 is 2.33 bits per heavy atom. The summed E-state index contributed by atoms with van der Waals surface area (Å²) in [6, 6.07) is 26.1. The van der Waals surface area contributed by atoms with Gasteiger partial charge < -0.3 is 19.5 Å². The van der Waals surface area contributed by atoms with Crippen LogP contribution in [0, 0.1) is 16.0 Å². The van der Waals surface area contributed by atoms with Crippen LogP contribution in [0.25, 0.3) is 0 Å². The van der Waals surface area contributed by atoms with Crippen LogP contribution in [0.5, 0.6) is 5.75 Å².